The molecule has 1 aliphatic heterocycles. The van der Waals surface area contributed by atoms with Crippen molar-refractivity contribution in [2.24, 2.45) is 4.99 Å². The Balaban J connectivity index is 1.86. The normalized spacial score (nSPS) is 21.5. The fourth-order valence-electron chi connectivity index (χ4n) is 4.56. The highest BCUT2D eigenvalue weighted by Crippen LogP contribution is 2.45. The van der Waals surface area contributed by atoms with Crippen molar-refractivity contribution >= 4 is 5.71 Å². The zero-order chi connectivity index (χ0) is 25.3. The number of benzene rings is 2. The van der Waals surface area contributed by atoms with Crippen molar-refractivity contribution in [2.45, 2.75) is 57.2 Å². The lowest BCUT2D eigenvalue weighted by molar-refractivity contribution is -0.0692. The molecule has 0 radical (unpaired) electrons. The monoisotopic (exact) mass is 505 g/mol. The van der Waals surface area contributed by atoms with Gasteiger partial charge in [-0.25, -0.2) is 0 Å². The molecular formula is C23H21F6NO5. The number of fused-ring (bicyclic) bond motifs is 3. The lowest BCUT2D eigenvalue weighted by Gasteiger charge is -2.37. The van der Waals surface area contributed by atoms with Crippen molar-refractivity contribution in [1.29, 1.82) is 0 Å². The molecule has 1 N–H and O–H groups in total. The third-order valence-corrected chi connectivity index (χ3v) is 5.94. The molecule has 0 bridgehead atoms. The molecule has 2 aromatic carbocycles. The van der Waals surface area contributed by atoms with Gasteiger partial charge in [-0.1, -0.05) is 0 Å². The number of nitrogens with zero attached hydrogens (tertiary/aromatic N) is 1. The van der Waals surface area contributed by atoms with Crippen LogP contribution in [0.3, 0.4) is 0 Å². The van der Waals surface area contributed by atoms with E-state index in [1.807, 2.05) is 0 Å². The van der Waals surface area contributed by atoms with Crippen LogP contribution in [0.1, 0.15) is 41.9 Å². The van der Waals surface area contributed by atoms with Crippen LogP contribution in [0, 0.1) is 0 Å². The fraction of sp³-hybridized carbons (Fsp3) is 0.435. The van der Waals surface area contributed by atoms with Gasteiger partial charge in [0.15, 0.2) is 23.0 Å². The van der Waals surface area contributed by atoms with Crippen LogP contribution < -0.4 is 18.9 Å². The maximum absolute atomic E-state index is 13.0. The van der Waals surface area contributed by atoms with Crippen molar-refractivity contribution in [2.75, 3.05) is 7.11 Å². The summed E-state index contributed by atoms with van der Waals surface area (Å²) in [6.45, 7) is -9.73. The minimum atomic E-state index is -3.31. The molecule has 3 atom stereocenters. The van der Waals surface area contributed by atoms with E-state index < -0.39 is 37.4 Å². The van der Waals surface area contributed by atoms with E-state index >= 15 is 0 Å². The largest absolute Gasteiger partial charge is 0.493 e. The second-order valence-corrected chi connectivity index (χ2v) is 8.01. The quantitative estimate of drug-likeness (QED) is 0.490. The molecule has 0 saturated heterocycles. The van der Waals surface area contributed by atoms with E-state index in [1.54, 1.807) is 0 Å². The molecule has 0 aromatic heterocycles. The van der Waals surface area contributed by atoms with Gasteiger partial charge < -0.3 is 24.1 Å². The highest BCUT2D eigenvalue weighted by molar-refractivity contribution is 6.15. The van der Waals surface area contributed by atoms with Gasteiger partial charge in [-0.2, -0.15) is 26.3 Å². The van der Waals surface area contributed by atoms with Crippen LogP contribution in [0.25, 0.3) is 0 Å². The summed E-state index contributed by atoms with van der Waals surface area (Å²) in [6, 6.07) is 5.97. The molecule has 1 fully saturated rings. The van der Waals surface area contributed by atoms with Gasteiger partial charge in [-0.15, -0.1) is 0 Å². The lowest BCUT2D eigenvalue weighted by atomic mass is 9.74. The van der Waals surface area contributed by atoms with Crippen molar-refractivity contribution in [1.82, 2.24) is 0 Å². The number of hydrogen-bond donors (Lipinski definition) is 1. The molecule has 190 valence electrons. The molecule has 0 amide bonds. The first-order chi connectivity index (χ1) is 16.7. The van der Waals surface area contributed by atoms with Crippen LogP contribution in [-0.2, 0) is 0 Å². The van der Waals surface area contributed by atoms with Gasteiger partial charge in [0.1, 0.15) is 0 Å². The van der Waals surface area contributed by atoms with Crippen LogP contribution in [0.15, 0.2) is 35.3 Å². The van der Waals surface area contributed by atoms with E-state index in [2.05, 4.69) is 14.2 Å². The topological polar surface area (TPSA) is 69.5 Å². The number of aliphatic imine (C=N–C) groups is 1. The number of alkyl halides is 6. The summed E-state index contributed by atoms with van der Waals surface area (Å²) in [5.74, 6) is -1.72. The Labute approximate surface area is 196 Å². The van der Waals surface area contributed by atoms with Crippen LogP contribution in [0.4, 0.5) is 26.3 Å². The second kappa shape index (κ2) is 10.2. The standard InChI is InChI=1S/C23H21F6NO5/c1-32-17-8-12-13-7-11(31)3-4-15(13)30-20(14(12)9-19(17)35-23(28)29)10-2-5-16(33-21(24)25)18(6-10)34-22(26)27/h2,5-6,8-9,11,13,15,21-23,31H,3-4,7H2,1H3. The molecule has 12 heteroatoms. The Morgan fingerprint density at radius 3 is 2.09 bits per heavy atom. The van der Waals surface area contributed by atoms with Gasteiger partial charge >= 0.3 is 19.8 Å². The maximum atomic E-state index is 13.0. The first kappa shape index (κ1) is 25.0. The Morgan fingerprint density at radius 2 is 1.46 bits per heavy atom. The summed E-state index contributed by atoms with van der Waals surface area (Å²) in [4.78, 5) is 4.73. The molecule has 3 unspecified atom stereocenters. The van der Waals surface area contributed by atoms with Crippen molar-refractivity contribution in [3.05, 3.63) is 47.0 Å². The van der Waals surface area contributed by atoms with Crippen molar-refractivity contribution in [3.63, 3.8) is 0 Å². The molecular weight excluding hydrogens is 484 g/mol. The summed E-state index contributed by atoms with van der Waals surface area (Å²) < 4.78 is 95.9. The average molecular weight is 505 g/mol. The second-order valence-electron chi connectivity index (χ2n) is 8.01. The summed E-state index contributed by atoms with van der Waals surface area (Å²) in [7, 11) is 1.29. The minimum Gasteiger partial charge on any atom is -0.493 e. The van der Waals surface area contributed by atoms with Gasteiger partial charge in [0, 0.05) is 17.0 Å². The Kier molecular flexibility index (Phi) is 7.29. The summed E-state index contributed by atoms with van der Waals surface area (Å²) in [6.07, 6.45) is 0.783. The molecule has 2 aliphatic rings. The molecule has 1 heterocycles. The Bertz CT molecular complexity index is 1100. The molecule has 4 rings (SSSR count). The van der Waals surface area contributed by atoms with Crippen LogP contribution >= 0.6 is 0 Å². The first-order valence-corrected chi connectivity index (χ1v) is 10.6. The third kappa shape index (κ3) is 5.42. The van der Waals surface area contributed by atoms with Gasteiger partial charge in [-0.3, -0.25) is 4.99 Å². The van der Waals surface area contributed by atoms with Crippen LogP contribution in [0.2, 0.25) is 0 Å². The van der Waals surface area contributed by atoms with E-state index in [0.717, 1.165) is 12.1 Å². The summed E-state index contributed by atoms with van der Waals surface area (Å²) in [5.41, 5.74) is 1.44. The van der Waals surface area contributed by atoms with E-state index in [9.17, 15) is 31.4 Å². The van der Waals surface area contributed by atoms with E-state index in [1.165, 1.54) is 25.3 Å². The summed E-state index contributed by atoms with van der Waals surface area (Å²) in [5, 5.41) is 10.2. The molecule has 35 heavy (non-hydrogen) atoms. The maximum Gasteiger partial charge on any atom is 0.387 e. The highest BCUT2D eigenvalue weighted by Gasteiger charge is 2.37. The number of rotatable bonds is 8. The molecule has 1 saturated carbocycles. The third-order valence-electron chi connectivity index (χ3n) is 5.94. The Morgan fingerprint density at radius 1 is 0.829 bits per heavy atom. The fourth-order valence-corrected chi connectivity index (χ4v) is 4.56. The van der Waals surface area contributed by atoms with Gasteiger partial charge in [0.25, 0.3) is 0 Å². The summed E-state index contributed by atoms with van der Waals surface area (Å²) >= 11 is 0. The van der Waals surface area contributed by atoms with Crippen molar-refractivity contribution < 1.29 is 50.4 Å². The number of methoxy groups -OCH3 is 1. The number of hydrogen-bond acceptors (Lipinski definition) is 6. The Hall–Kier alpha value is -3.15. The van der Waals surface area contributed by atoms with E-state index in [-0.39, 0.29) is 34.7 Å². The average Bonchev–Trinajstić information content (AvgIpc) is 2.78. The molecule has 2 aromatic rings. The predicted molar refractivity (Wildman–Crippen MR) is 111 cm³/mol. The van der Waals surface area contributed by atoms with Crippen LogP contribution in [-0.4, -0.2) is 49.9 Å². The van der Waals surface area contributed by atoms with Crippen LogP contribution in [0.5, 0.6) is 23.0 Å². The highest BCUT2D eigenvalue weighted by atomic mass is 19.3. The van der Waals surface area contributed by atoms with Crippen molar-refractivity contribution in [3.8, 4) is 23.0 Å². The molecule has 1 aliphatic carbocycles. The molecule has 0 spiro atoms. The van der Waals surface area contributed by atoms with E-state index in [4.69, 9.17) is 9.73 Å². The predicted octanol–water partition coefficient (Wildman–Crippen LogP) is 5.35. The smallest absolute Gasteiger partial charge is 0.387 e. The first-order valence-electron chi connectivity index (χ1n) is 10.6. The lowest BCUT2D eigenvalue weighted by Crippen LogP contribution is -2.34. The number of halogens is 6. The van der Waals surface area contributed by atoms with Gasteiger partial charge in [0.05, 0.1) is 25.0 Å². The SMILES string of the molecule is COc1cc2c(cc1OC(F)F)C(c1ccc(OC(F)F)c(OC(F)F)c1)=NC1CCC(O)CC21. The number of aliphatic hydroxyl groups is 1. The van der Waals surface area contributed by atoms with Gasteiger partial charge in [0.2, 0.25) is 0 Å². The zero-order valence-corrected chi connectivity index (χ0v) is 18.3. The van der Waals surface area contributed by atoms with E-state index in [0.29, 0.717) is 30.4 Å². The minimum absolute atomic E-state index is 0.0477. The number of ether oxygens (including phenoxy) is 4. The van der Waals surface area contributed by atoms with Gasteiger partial charge in [-0.05, 0) is 55.2 Å². The molecule has 6 nitrogen and oxygen atoms in total. The number of aliphatic hydroxyl groups excluding tert-OH is 1. The zero-order valence-electron chi connectivity index (χ0n) is 18.3.